The summed E-state index contributed by atoms with van der Waals surface area (Å²) in [4.78, 5) is 18.7. The molecule has 1 atom stereocenters. The number of pyridine rings is 1. The van der Waals surface area contributed by atoms with Crippen LogP contribution < -0.4 is 4.74 Å². The third-order valence-electron chi connectivity index (χ3n) is 4.61. The molecule has 136 valence electrons. The Morgan fingerprint density at radius 1 is 1.11 bits per heavy atom. The first kappa shape index (κ1) is 17.6. The van der Waals surface area contributed by atoms with Crippen LogP contribution in [0.25, 0.3) is 17.0 Å². The summed E-state index contributed by atoms with van der Waals surface area (Å²) in [5, 5.41) is 1.76. The minimum atomic E-state index is -0.0356. The Hall–Kier alpha value is -2.85. The highest BCUT2D eigenvalue weighted by Gasteiger charge is 2.26. The van der Waals surface area contributed by atoms with Crippen LogP contribution in [-0.4, -0.2) is 35.0 Å². The van der Waals surface area contributed by atoms with Crippen molar-refractivity contribution in [3.05, 3.63) is 77.3 Å². The van der Waals surface area contributed by atoms with Gasteiger partial charge < -0.3 is 9.64 Å². The maximum absolute atomic E-state index is 12.4. The normalized spacial score (nSPS) is 16.9. The fourth-order valence-electron chi connectivity index (χ4n) is 3.16. The van der Waals surface area contributed by atoms with Gasteiger partial charge in [-0.1, -0.05) is 41.9 Å². The molecule has 0 spiro atoms. The van der Waals surface area contributed by atoms with Gasteiger partial charge in [0.1, 0.15) is 6.10 Å². The van der Waals surface area contributed by atoms with Crippen molar-refractivity contribution < 1.29 is 9.53 Å². The number of ether oxygens (including phenoxy) is 1. The number of aromatic nitrogens is 1. The number of para-hydroxylation sites is 1. The van der Waals surface area contributed by atoms with Gasteiger partial charge >= 0.3 is 0 Å². The topological polar surface area (TPSA) is 42.4 Å². The number of amides is 1. The highest BCUT2D eigenvalue weighted by atomic mass is 35.5. The van der Waals surface area contributed by atoms with Crippen molar-refractivity contribution in [1.82, 2.24) is 9.88 Å². The predicted molar refractivity (Wildman–Crippen MR) is 108 cm³/mol. The van der Waals surface area contributed by atoms with Gasteiger partial charge in [0.25, 0.3) is 0 Å². The van der Waals surface area contributed by atoms with Crippen LogP contribution in [0.2, 0.25) is 5.02 Å². The van der Waals surface area contributed by atoms with Gasteiger partial charge in [-0.15, -0.1) is 0 Å². The first-order chi connectivity index (χ1) is 13.2. The second-order valence-corrected chi connectivity index (χ2v) is 6.98. The quantitative estimate of drug-likeness (QED) is 0.624. The van der Waals surface area contributed by atoms with Gasteiger partial charge in [-0.25, -0.2) is 4.98 Å². The van der Waals surface area contributed by atoms with E-state index in [2.05, 4.69) is 4.98 Å². The molecule has 0 bridgehead atoms. The van der Waals surface area contributed by atoms with Gasteiger partial charge in [-0.05, 0) is 35.9 Å². The van der Waals surface area contributed by atoms with Crippen LogP contribution in [0, 0.1) is 0 Å². The molecule has 27 heavy (non-hydrogen) atoms. The number of hydrogen-bond donors (Lipinski definition) is 0. The fraction of sp³-hybridized carbons (Fsp3) is 0.182. The van der Waals surface area contributed by atoms with E-state index in [0.29, 0.717) is 24.0 Å². The molecule has 1 fully saturated rings. The smallest absolute Gasteiger partial charge is 0.246 e. The van der Waals surface area contributed by atoms with Crippen LogP contribution in [-0.2, 0) is 4.79 Å². The number of carbonyl (C=O) groups is 1. The van der Waals surface area contributed by atoms with E-state index in [4.69, 9.17) is 16.3 Å². The molecule has 1 aromatic heterocycles. The number of fused-ring (bicyclic) bond motifs is 1. The Morgan fingerprint density at radius 3 is 2.78 bits per heavy atom. The Kier molecular flexibility index (Phi) is 5.07. The maximum atomic E-state index is 12.4. The predicted octanol–water partition coefficient (Wildman–Crippen LogP) is 4.58. The number of likely N-dealkylation sites (tertiary alicyclic amines) is 1. The lowest BCUT2D eigenvalue weighted by molar-refractivity contribution is -0.125. The second kappa shape index (κ2) is 7.80. The van der Waals surface area contributed by atoms with Gasteiger partial charge in [-0.2, -0.15) is 0 Å². The lowest BCUT2D eigenvalue weighted by Crippen LogP contribution is -2.29. The van der Waals surface area contributed by atoms with E-state index in [-0.39, 0.29) is 12.0 Å². The summed E-state index contributed by atoms with van der Waals surface area (Å²) < 4.78 is 6.00. The molecule has 4 rings (SSSR count). The van der Waals surface area contributed by atoms with E-state index in [0.717, 1.165) is 22.9 Å². The Balaban J connectivity index is 1.36. The van der Waals surface area contributed by atoms with Gasteiger partial charge in [0.2, 0.25) is 11.8 Å². The maximum Gasteiger partial charge on any atom is 0.246 e. The van der Waals surface area contributed by atoms with E-state index in [9.17, 15) is 4.79 Å². The summed E-state index contributed by atoms with van der Waals surface area (Å²) in [6.07, 6.45) is 4.17. The molecular weight excluding hydrogens is 360 g/mol. The number of rotatable bonds is 4. The summed E-state index contributed by atoms with van der Waals surface area (Å²) in [6, 6.07) is 19.2. The molecule has 1 amide bonds. The van der Waals surface area contributed by atoms with E-state index in [1.807, 2.05) is 60.7 Å². The summed E-state index contributed by atoms with van der Waals surface area (Å²) in [5.41, 5.74) is 1.85. The Labute approximate surface area is 163 Å². The standard InChI is InChI=1S/C22H19ClN2O2/c23-18-9-5-16(6-10-18)7-12-22(26)25-14-13-19(15-25)27-21-11-8-17-3-1-2-4-20(17)24-21/h1-12,19H,13-15H2/b12-7+. The number of nitrogens with zero attached hydrogens (tertiary/aromatic N) is 2. The lowest BCUT2D eigenvalue weighted by atomic mass is 10.2. The molecule has 1 aliphatic heterocycles. The third-order valence-corrected chi connectivity index (χ3v) is 4.86. The monoisotopic (exact) mass is 378 g/mol. The fourth-order valence-corrected chi connectivity index (χ4v) is 3.28. The number of halogens is 1. The molecule has 5 heteroatoms. The molecule has 0 radical (unpaired) electrons. The Bertz CT molecular complexity index is 985. The molecule has 0 aliphatic carbocycles. The lowest BCUT2D eigenvalue weighted by Gasteiger charge is -2.15. The SMILES string of the molecule is O=C(/C=C/c1ccc(Cl)cc1)N1CCC(Oc2ccc3ccccc3n2)C1. The van der Waals surface area contributed by atoms with E-state index in [1.165, 1.54) is 0 Å². The van der Waals surface area contributed by atoms with Gasteiger partial charge in [0, 0.05) is 35.5 Å². The van der Waals surface area contributed by atoms with Gasteiger partial charge in [-0.3, -0.25) is 4.79 Å². The minimum absolute atomic E-state index is 0.0116. The largest absolute Gasteiger partial charge is 0.472 e. The van der Waals surface area contributed by atoms with Crippen LogP contribution in [0.15, 0.2) is 66.7 Å². The second-order valence-electron chi connectivity index (χ2n) is 6.54. The van der Waals surface area contributed by atoms with Crippen molar-refractivity contribution in [2.45, 2.75) is 12.5 Å². The van der Waals surface area contributed by atoms with Crippen LogP contribution in [0.5, 0.6) is 5.88 Å². The number of hydrogen-bond acceptors (Lipinski definition) is 3. The molecule has 2 aromatic carbocycles. The van der Waals surface area contributed by atoms with Crippen LogP contribution in [0.4, 0.5) is 0 Å². The molecule has 2 heterocycles. The van der Waals surface area contributed by atoms with Crippen LogP contribution >= 0.6 is 11.6 Å². The van der Waals surface area contributed by atoms with Crippen molar-refractivity contribution in [1.29, 1.82) is 0 Å². The van der Waals surface area contributed by atoms with E-state index < -0.39 is 0 Å². The first-order valence-corrected chi connectivity index (χ1v) is 9.30. The van der Waals surface area contributed by atoms with E-state index >= 15 is 0 Å². The Morgan fingerprint density at radius 2 is 1.93 bits per heavy atom. The average molecular weight is 379 g/mol. The van der Waals surface area contributed by atoms with Crippen molar-refractivity contribution in [3.8, 4) is 5.88 Å². The summed E-state index contributed by atoms with van der Waals surface area (Å²) in [6.45, 7) is 1.25. The summed E-state index contributed by atoms with van der Waals surface area (Å²) in [5.74, 6) is 0.590. The minimum Gasteiger partial charge on any atom is -0.472 e. The highest BCUT2D eigenvalue weighted by molar-refractivity contribution is 6.30. The molecule has 1 aliphatic rings. The molecule has 0 saturated carbocycles. The zero-order valence-electron chi connectivity index (χ0n) is 14.7. The van der Waals surface area contributed by atoms with Crippen molar-refractivity contribution in [2.75, 3.05) is 13.1 Å². The molecule has 1 unspecified atom stereocenters. The van der Waals surface area contributed by atoms with E-state index in [1.54, 1.807) is 17.1 Å². The summed E-state index contributed by atoms with van der Waals surface area (Å²) in [7, 11) is 0. The van der Waals surface area contributed by atoms with Crippen molar-refractivity contribution >= 4 is 34.5 Å². The van der Waals surface area contributed by atoms with Crippen molar-refractivity contribution in [2.24, 2.45) is 0 Å². The van der Waals surface area contributed by atoms with Gasteiger partial charge in [0.05, 0.1) is 12.1 Å². The van der Waals surface area contributed by atoms with Crippen molar-refractivity contribution in [3.63, 3.8) is 0 Å². The molecule has 4 nitrogen and oxygen atoms in total. The zero-order valence-corrected chi connectivity index (χ0v) is 15.5. The first-order valence-electron chi connectivity index (χ1n) is 8.92. The number of benzene rings is 2. The molecular formula is C22H19ClN2O2. The summed E-state index contributed by atoms with van der Waals surface area (Å²) >= 11 is 5.87. The number of carbonyl (C=O) groups excluding carboxylic acids is 1. The van der Waals surface area contributed by atoms with Crippen LogP contribution in [0.1, 0.15) is 12.0 Å². The molecule has 0 N–H and O–H groups in total. The average Bonchev–Trinajstić information content (AvgIpc) is 3.16. The third kappa shape index (κ3) is 4.29. The molecule has 3 aromatic rings. The molecule has 1 saturated heterocycles. The van der Waals surface area contributed by atoms with Crippen LogP contribution in [0.3, 0.4) is 0 Å². The van der Waals surface area contributed by atoms with Gasteiger partial charge in [0.15, 0.2) is 0 Å². The zero-order chi connectivity index (χ0) is 18.6. The highest BCUT2D eigenvalue weighted by Crippen LogP contribution is 2.20.